The molecule has 1 amide bonds. The van der Waals surface area contributed by atoms with E-state index < -0.39 is 0 Å². The predicted molar refractivity (Wildman–Crippen MR) is 69.9 cm³/mol. The van der Waals surface area contributed by atoms with Gasteiger partial charge in [0.2, 0.25) is 0 Å². The zero-order chi connectivity index (χ0) is 12.5. The fraction of sp³-hybridized carbons (Fsp3) is 0.231. The molecule has 0 aromatic carbocycles. The molecule has 2 aromatic rings. The molecule has 1 saturated carbocycles. The van der Waals surface area contributed by atoms with Crippen LogP contribution in [0.1, 0.15) is 29.4 Å². The lowest BCUT2D eigenvalue weighted by Crippen LogP contribution is -2.16. The van der Waals surface area contributed by atoms with E-state index in [-0.39, 0.29) is 5.91 Å². The quantitative estimate of drug-likeness (QED) is 0.863. The van der Waals surface area contributed by atoms with Crippen LogP contribution < -0.4 is 5.32 Å². The highest BCUT2D eigenvalue weighted by Crippen LogP contribution is 2.36. The van der Waals surface area contributed by atoms with Crippen LogP contribution in [-0.4, -0.2) is 15.5 Å². The Balaban J connectivity index is 1.78. The van der Waals surface area contributed by atoms with Crippen molar-refractivity contribution in [2.24, 2.45) is 0 Å². The second-order valence-electron chi connectivity index (χ2n) is 4.36. The van der Waals surface area contributed by atoms with Gasteiger partial charge in [0.05, 0.1) is 11.9 Å². The van der Waals surface area contributed by atoms with Crippen molar-refractivity contribution in [3.63, 3.8) is 0 Å². The molecule has 0 aliphatic heterocycles. The van der Waals surface area contributed by atoms with Crippen LogP contribution in [-0.2, 0) is 0 Å². The van der Waals surface area contributed by atoms with E-state index >= 15 is 0 Å². The van der Waals surface area contributed by atoms with Gasteiger partial charge in [0.25, 0.3) is 5.91 Å². The van der Waals surface area contributed by atoms with Crippen molar-refractivity contribution in [3.05, 3.63) is 47.5 Å². The number of halogens is 1. The average molecular weight is 262 g/mol. The fourth-order valence-electron chi connectivity index (χ4n) is 1.90. The smallest absolute Gasteiger partial charge is 0.272 e. The molecule has 1 aliphatic carbocycles. The van der Waals surface area contributed by atoms with Gasteiger partial charge in [-0.25, -0.2) is 4.98 Å². The first-order valence-corrected chi connectivity index (χ1v) is 6.21. The highest BCUT2D eigenvalue weighted by molar-refractivity contribution is 6.29. The summed E-state index contributed by atoms with van der Waals surface area (Å²) in [6, 6.07) is 7.60. The van der Waals surface area contributed by atoms with Gasteiger partial charge in [-0.3, -0.25) is 4.79 Å². The van der Waals surface area contributed by atoms with Crippen LogP contribution in [0.25, 0.3) is 0 Å². The maximum atomic E-state index is 12.1. The molecule has 2 aromatic heterocycles. The molecule has 1 N–H and O–H groups in total. The molecule has 0 bridgehead atoms. The van der Waals surface area contributed by atoms with Crippen LogP contribution in [0, 0.1) is 0 Å². The van der Waals surface area contributed by atoms with E-state index in [1.54, 1.807) is 18.3 Å². The van der Waals surface area contributed by atoms with Crippen molar-refractivity contribution in [2.75, 3.05) is 5.32 Å². The zero-order valence-corrected chi connectivity index (χ0v) is 10.4. The summed E-state index contributed by atoms with van der Waals surface area (Å²) in [6.07, 6.45) is 5.80. The summed E-state index contributed by atoms with van der Waals surface area (Å²) in [4.78, 5) is 16.0. The molecule has 0 radical (unpaired) electrons. The second kappa shape index (κ2) is 4.46. The summed E-state index contributed by atoms with van der Waals surface area (Å²) in [5, 5.41) is 3.23. The Hall–Kier alpha value is -1.81. The third-order valence-corrected chi connectivity index (χ3v) is 3.16. The Morgan fingerprint density at radius 3 is 2.89 bits per heavy atom. The first kappa shape index (κ1) is 11.3. The van der Waals surface area contributed by atoms with Gasteiger partial charge in [-0.1, -0.05) is 11.6 Å². The van der Waals surface area contributed by atoms with Gasteiger partial charge in [0.1, 0.15) is 10.8 Å². The Kier molecular flexibility index (Phi) is 2.80. The molecule has 1 fully saturated rings. The van der Waals surface area contributed by atoms with E-state index in [2.05, 4.69) is 10.3 Å². The number of pyridine rings is 1. The van der Waals surface area contributed by atoms with Gasteiger partial charge in [-0.2, -0.15) is 0 Å². The van der Waals surface area contributed by atoms with Crippen LogP contribution in [0.2, 0.25) is 5.15 Å². The molecule has 1 aliphatic rings. The standard InChI is InChI=1S/C13H12ClN3O/c14-12-6-3-9(8-15-12)16-13(18)11-2-1-7-17(11)10-4-5-10/h1-3,6-8,10H,4-5H2,(H,16,18). The van der Waals surface area contributed by atoms with Crippen molar-refractivity contribution >= 4 is 23.2 Å². The first-order valence-electron chi connectivity index (χ1n) is 5.84. The molecule has 0 unspecified atom stereocenters. The van der Waals surface area contributed by atoms with Gasteiger partial charge < -0.3 is 9.88 Å². The fourth-order valence-corrected chi connectivity index (χ4v) is 2.01. The number of carbonyl (C=O) groups is 1. The number of rotatable bonds is 3. The van der Waals surface area contributed by atoms with Gasteiger partial charge in [0.15, 0.2) is 0 Å². The lowest BCUT2D eigenvalue weighted by atomic mass is 10.3. The summed E-state index contributed by atoms with van der Waals surface area (Å²) >= 11 is 5.69. The number of hydrogen-bond acceptors (Lipinski definition) is 2. The second-order valence-corrected chi connectivity index (χ2v) is 4.74. The number of nitrogens with one attached hydrogen (secondary N) is 1. The number of amides is 1. The van der Waals surface area contributed by atoms with Crippen LogP contribution in [0.3, 0.4) is 0 Å². The maximum absolute atomic E-state index is 12.1. The number of nitrogens with zero attached hydrogens (tertiary/aromatic N) is 2. The topological polar surface area (TPSA) is 46.9 Å². The molecule has 4 nitrogen and oxygen atoms in total. The van der Waals surface area contributed by atoms with Gasteiger partial charge in [-0.05, 0) is 37.1 Å². The van der Waals surface area contributed by atoms with Crippen LogP contribution >= 0.6 is 11.6 Å². The molecule has 0 saturated heterocycles. The van der Waals surface area contributed by atoms with Crippen molar-refractivity contribution < 1.29 is 4.79 Å². The molecule has 0 spiro atoms. The summed E-state index contributed by atoms with van der Waals surface area (Å²) < 4.78 is 2.03. The summed E-state index contributed by atoms with van der Waals surface area (Å²) in [5.74, 6) is -0.115. The van der Waals surface area contributed by atoms with Crippen LogP contribution in [0.15, 0.2) is 36.7 Å². The Labute approximate surface area is 110 Å². The van der Waals surface area contributed by atoms with E-state index in [9.17, 15) is 4.79 Å². The predicted octanol–water partition coefficient (Wildman–Crippen LogP) is 3.12. The summed E-state index contributed by atoms with van der Waals surface area (Å²) in [6.45, 7) is 0. The molecule has 2 heterocycles. The van der Waals surface area contributed by atoms with E-state index in [0.29, 0.717) is 22.6 Å². The largest absolute Gasteiger partial charge is 0.340 e. The van der Waals surface area contributed by atoms with Crippen LogP contribution in [0.4, 0.5) is 5.69 Å². The van der Waals surface area contributed by atoms with Crippen molar-refractivity contribution in [1.82, 2.24) is 9.55 Å². The van der Waals surface area contributed by atoms with E-state index in [4.69, 9.17) is 11.6 Å². The molecular weight excluding hydrogens is 250 g/mol. The molecule has 3 rings (SSSR count). The minimum Gasteiger partial charge on any atom is -0.340 e. The monoisotopic (exact) mass is 261 g/mol. The number of anilines is 1. The normalized spacial score (nSPS) is 14.5. The molecule has 18 heavy (non-hydrogen) atoms. The van der Waals surface area contributed by atoms with Crippen LogP contribution in [0.5, 0.6) is 0 Å². The minimum atomic E-state index is -0.115. The SMILES string of the molecule is O=C(Nc1ccc(Cl)nc1)c1cccn1C1CC1. The highest BCUT2D eigenvalue weighted by atomic mass is 35.5. The average Bonchev–Trinajstić information content (AvgIpc) is 3.09. The van der Waals surface area contributed by atoms with E-state index in [1.807, 2.05) is 22.9 Å². The maximum Gasteiger partial charge on any atom is 0.272 e. The minimum absolute atomic E-state index is 0.115. The van der Waals surface area contributed by atoms with E-state index in [0.717, 1.165) is 12.8 Å². The van der Waals surface area contributed by atoms with Gasteiger partial charge in [0, 0.05) is 12.2 Å². The Bertz CT molecular complexity index is 572. The van der Waals surface area contributed by atoms with Gasteiger partial charge >= 0.3 is 0 Å². The zero-order valence-electron chi connectivity index (χ0n) is 9.64. The van der Waals surface area contributed by atoms with Gasteiger partial charge in [-0.15, -0.1) is 0 Å². The van der Waals surface area contributed by atoms with Crippen molar-refractivity contribution in [3.8, 4) is 0 Å². The summed E-state index contributed by atoms with van der Waals surface area (Å²) in [7, 11) is 0. The van der Waals surface area contributed by atoms with Crippen molar-refractivity contribution in [2.45, 2.75) is 18.9 Å². The highest BCUT2D eigenvalue weighted by Gasteiger charge is 2.26. The number of aromatic nitrogens is 2. The third-order valence-electron chi connectivity index (χ3n) is 2.94. The molecule has 92 valence electrons. The first-order chi connectivity index (χ1) is 8.74. The third kappa shape index (κ3) is 2.24. The Morgan fingerprint density at radius 2 is 2.22 bits per heavy atom. The molecule has 5 heteroatoms. The van der Waals surface area contributed by atoms with Crippen molar-refractivity contribution in [1.29, 1.82) is 0 Å². The lowest BCUT2D eigenvalue weighted by molar-refractivity contribution is 0.101. The number of hydrogen-bond donors (Lipinski definition) is 1. The number of carbonyl (C=O) groups excluding carboxylic acids is 1. The summed E-state index contributed by atoms with van der Waals surface area (Å²) in [5.41, 5.74) is 1.33. The molecular formula is C13H12ClN3O. The Morgan fingerprint density at radius 1 is 1.39 bits per heavy atom. The lowest BCUT2D eigenvalue weighted by Gasteiger charge is -2.08. The van der Waals surface area contributed by atoms with E-state index in [1.165, 1.54) is 0 Å². The molecule has 0 atom stereocenters.